The van der Waals surface area contributed by atoms with E-state index in [-0.39, 0.29) is 11.9 Å². The number of nitrogens with zero attached hydrogens (tertiary/aromatic N) is 3. The maximum Gasteiger partial charge on any atom is 0.339 e. The zero-order chi connectivity index (χ0) is 17.8. The number of methoxy groups -OCH3 is 1. The summed E-state index contributed by atoms with van der Waals surface area (Å²) >= 11 is 0. The van der Waals surface area contributed by atoms with Crippen LogP contribution in [-0.2, 0) is 4.74 Å². The van der Waals surface area contributed by atoms with E-state index >= 15 is 0 Å². The van der Waals surface area contributed by atoms with Crippen LogP contribution in [0.15, 0.2) is 30.7 Å². The molecule has 0 atom stereocenters. The van der Waals surface area contributed by atoms with Crippen LogP contribution in [0.25, 0.3) is 0 Å². The Bertz CT molecular complexity index is 746. The summed E-state index contributed by atoms with van der Waals surface area (Å²) in [5, 5.41) is 7.41. The third kappa shape index (κ3) is 4.04. The lowest BCUT2D eigenvalue weighted by Crippen LogP contribution is -2.38. The molecule has 2 aromatic heterocycles. The molecule has 1 aliphatic rings. The summed E-state index contributed by atoms with van der Waals surface area (Å²) in [5.41, 5.74) is 1.79. The van der Waals surface area contributed by atoms with Gasteiger partial charge in [-0.3, -0.25) is 14.5 Å². The fourth-order valence-electron chi connectivity index (χ4n) is 3.14. The average Bonchev–Trinajstić information content (AvgIpc) is 3.08. The van der Waals surface area contributed by atoms with Gasteiger partial charge in [0.1, 0.15) is 5.69 Å². The largest absolute Gasteiger partial charge is 0.465 e. The van der Waals surface area contributed by atoms with Gasteiger partial charge in [0.25, 0.3) is 5.91 Å². The van der Waals surface area contributed by atoms with Crippen molar-refractivity contribution in [1.82, 2.24) is 20.1 Å². The van der Waals surface area contributed by atoms with E-state index in [9.17, 15) is 9.59 Å². The quantitative estimate of drug-likeness (QED) is 0.862. The number of carbonyl (C=O) groups is 2. The number of esters is 1. The molecule has 0 unspecified atom stereocenters. The van der Waals surface area contributed by atoms with Crippen LogP contribution in [0.5, 0.6) is 0 Å². The van der Waals surface area contributed by atoms with Crippen molar-refractivity contribution >= 4 is 11.9 Å². The first-order valence-electron chi connectivity index (χ1n) is 8.43. The molecule has 25 heavy (non-hydrogen) atoms. The van der Waals surface area contributed by atoms with Crippen molar-refractivity contribution in [2.75, 3.05) is 7.11 Å². The number of ether oxygens (including phenoxy) is 1. The molecule has 3 rings (SSSR count). The van der Waals surface area contributed by atoms with Crippen molar-refractivity contribution < 1.29 is 14.3 Å². The van der Waals surface area contributed by atoms with E-state index in [2.05, 4.69) is 26.3 Å². The van der Waals surface area contributed by atoms with Gasteiger partial charge in [-0.15, -0.1) is 0 Å². The molecule has 2 aromatic rings. The fraction of sp³-hybridized carbons (Fsp3) is 0.444. The number of carbonyl (C=O) groups excluding carboxylic acids is 2. The summed E-state index contributed by atoms with van der Waals surface area (Å²) < 4.78 is 6.65. The van der Waals surface area contributed by atoms with Gasteiger partial charge in [0.05, 0.1) is 24.9 Å². The van der Waals surface area contributed by atoms with E-state index in [1.807, 2.05) is 17.8 Å². The Morgan fingerprint density at radius 2 is 1.96 bits per heavy atom. The number of aryl methyl sites for hydroxylation is 1. The highest BCUT2D eigenvalue weighted by molar-refractivity contribution is 5.94. The highest BCUT2D eigenvalue weighted by Crippen LogP contribution is 2.28. The van der Waals surface area contributed by atoms with Crippen LogP contribution in [0.4, 0.5) is 0 Å². The Balaban J connectivity index is 1.53. The molecule has 7 heteroatoms. The van der Waals surface area contributed by atoms with Gasteiger partial charge in [0.2, 0.25) is 0 Å². The van der Waals surface area contributed by atoms with Crippen molar-refractivity contribution in [3.05, 3.63) is 47.5 Å². The molecular weight excluding hydrogens is 320 g/mol. The van der Waals surface area contributed by atoms with Gasteiger partial charge in [0.15, 0.2) is 0 Å². The molecule has 0 saturated heterocycles. The zero-order valence-electron chi connectivity index (χ0n) is 14.4. The summed E-state index contributed by atoms with van der Waals surface area (Å²) in [6.45, 7) is 2.04. The van der Waals surface area contributed by atoms with Crippen LogP contribution in [0.1, 0.15) is 58.1 Å². The molecule has 2 heterocycles. The number of rotatable bonds is 4. The van der Waals surface area contributed by atoms with Gasteiger partial charge in [0, 0.05) is 18.4 Å². The fourth-order valence-corrected chi connectivity index (χ4v) is 3.14. The van der Waals surface area contributed by atoms with Crippen molar-refractivity contribution in [1.29, 1.82) is 0 Å². The van der Waals surface area contributed by atoms with E-state index in [1.54, 1.807) is 12.1 Å². The lowest BCUT2D eigenvalue weighted by atomic mass is 9.91. The maximum atomic E-state index is 12.3. The number of pyridine rings is 1. The van der Waals surface area contributed by atoms with Crippen LogP contribution in [0, 0.1) is 6.92 Å². The topological polar surface area (TPSA) is 86.1 Å². The summed E-state index contributed by atoms with van der Waals surface area (Å²) in [5.74, 6) is -0.679. The SMILES string of the molecule is COC(=O)c1ccc(C(=O)NC2CCC(n3cc(C)cn3)CC2)nc1. The zero-order valence-corrected chi connectivity index (χ0v) is 14.4. The molecule has 0 bridgehead atoms. The second-order valence-corrected chi connectivity index (χ2v) is 6.40. The van der Waals surface area contributed by atoms with Crippen LogP contribution >= 0.6 is 0 Å². The first kappa shape index (κ1) is 17.1. The first-order valence-corrected chi connectivity index (χ1v) is 8.43. The summed E-state index contributed by atoms with van der Waals surface area (Å²) in [6.07, 6.45) is 9.10. The molecule has 1 amide bonds. The van der Waals surface area contributed by atoms with Crippen molar-refractivity contribution in [2.45, 2.75) is 44.7 Å². The van der Waals surface area contributed by atoms with Crippen LogP contribution < -0.4 is 5.32 Å². The van der Waals surface area contributed by atoms with Crippen molar-refractivity contribution in [3.63, 3.8) is 0 Å². The molecule has 1 saturated carbocycles. The van der Waals surface area contributed by atoms with E-state index < -0.39 is 5.97 Å². The van der Waals surface area contributed by atoms with Gasteiger partial charge >= 0.3 is 5.97 Å². The van der Waals surface area contributed by atoms with Gasteiger partial charge in [-0.25, -0.2) is 4.79 Å². The molecular formula is C18H22N4O3. The van der Waals surface area contributed by atoms with E-state index in [0.717, 1.165) is 31.2 Å². The molecule has 1 fully saturated rings. The normalized spacial score (nSPS) is 20.1. The highest BCUT2D eigenvalue weighted by atomic mass is 16.5. The van der Waals surface area contributed by atoms with E-state index in [4.69, 9.17) is 0 Å². The Labute approximate surface area is 146 Å². The van der Waals surface area contributed by atoms with Crippen molar-refractivity contribution in [3.8, 4) is 0 Å². The number of aromatic nitrogens is 3. The number of nitrogens with one attached hydrogen (secondary N) is 1. The lowest BCUT2D eigenvalue weighted by Gasteiger charge is -2.29. The molecule has 0 aliphatic heterocycles. The highest BCUT2D eigenvalue weighted by Gasteiger charge is 2.24. The predicted octanol–water partition coefficient (Wildman–Crippen LogP) is 2.29. The Hall–Kier alpha value is -2.70. The Morgan fingerprint density at radius 1 is 1.20 bits per heavy atom. The van der Waals surface area contributed by atoms with Crippen LogP contribution in [0.2, 0.25) is 0 Å². The molecule has 1 N–H and O–H groups in total. The summed E-state index contributed by atoms with van der Waals surface area (Å²) in [6, 6.07) is 3.63. The van der Waals surface area contributed by atoms with Crippen molar-refractivity contribution in [2.24, 2.45) is 0 Å². The molecule has 0 radical (unpaired) electrons. The number of amides is 1. The first-order chi connectivity index (χ1) is 12.1. The summed E-state index contributed by atoms with van der Waals surface area (Å²) in [7, 11) is 1.31. The second-order valence-electron chi connectivity index (χ2n) is 6.40. The van der Waals surface area contributed by atoms with Gasteiger partial charge < -0.3 is 10.1 Å². The second kappa shape index (κ2) is 7.46. The standard InChI is InChI=1S/C18H22N4O3/c1-12-9-20-22(11-12)15-6-4-14(5-7-15)21-17(23)16-8-3-13(10-19-16)18(24)25-2/h3,8-11,14-15H,4-7H2,1-2H3,(H,21,23). The van der Waals surface area contributed by atoms with Gasteiger partial charge in [-0.2, -0.15) is 5.10 Å². The van der Waals surface area contributed by atoms with Crippen LogP contribution in [-0.4, -0.2) is 39.8 Å². The average molecular weight is 342 g/mol. The predicted molar refractivity (Wildman–Crippen MR) is 91.3 cm³/mol. The minimum atomic E-state index is -0.466. The van der Waals surface area contributed by atoms with E-state index in [0.29, 0.717) is 17.3 Å². The molecule has 0 aromatic carbocycles. The Kier molecular flexibility index (Phi) is 5.11. The molecule has 1 aliphatic carbocycles. The molecule has 7 nitrogen and oxygen atoms in total. The maximum absolute atomic E-state index is 12.3. The number of hydrogen-bond acceptors (Lipinski definition) is 5. The number of hydrogen-bond donors (Lipinski definition) is 1. The van der Waals surface area contributed by atoms with E-state index in [1.165, 1.54) is 13.3 Å². The third-order valence-corrected chi connectivity index (χ3v) is 4.55. The minimum absolute atomic E-state index is 0.141. The monoisotopic (exact) mass is 342 g/mol. The van der Waals surface area contributed by atoms with Crippen LogP contribution in [0.3, 0.4) is 0 Å². The van der Waals surface area contributed by atoms with Gasteiger partial charge in [-0.1, -0.05) is 0 Å². The minimum Gasteiger partial charge on any atom is -0.465 e. The molecule has 0 spiro atoms. The lowest BCUT2D eigenvalue weighted by molar-refractivity contribution is 0.0599. The Morgan fingerprint density at radius 3 is 2.52 bits per heavy atom. The molecule has 132 valence electrons. The summed E-state index contributed by atoms with van der Waals surface area (Å²) in [4.78, 5) is 27.8. The smallest absolute Gasteiger partial charge is 0.339 e. The third-order valence-electron chi connectivity index (χ3n) is 4.55. The van der Waals surface area contributed by atoms with Gasteiger partial charge in [-0.05, 0) is 50.3 Å².